The van der Waals surface area contributed by atoms with E-state index >= 15 is 0 Å². The summed E-state index contributed by atoms with van der Waals surface area (Å²) in [7, 11) is 0. The van der Waals surface area contributed by atoms with Gasteiger partial charge in [0.1, 0.15) is 11.6 Å². The van der Waals surface area contributed by atoms with Crippen LogP contribution in [-0.4, -0.2) is 15.4 Å². The lowest BCUT2D eigenvalue weighted by Crippen LogP contribution is -2.04. The second-order valence-corrected chi connectivity index (χ2v) is 5.85. The Balaban J connectivity index is 2.15. The van der Waals surface area contributed by atoms with Crippen molar-refractivity contribution < 1.29 is 4.39 Å². The highest BCUT2D eigenvalue weighted by atomic mass is 35.5. The van der Waals surface area contributed by atoms with Gasteiger partial charge in [-0.3, -0.25) is 0 Å². The molecule has 1 aliphatic rings. The molecule has 19 heavy (non-hydrogen) atoms. The van der Waals surface area contributed by atoms with Gasteiger partial charge in [-0.1, -0.05) is 24.9 Å². The summed E-state index contributed by atoms with van der Waals surface area (Å²) in [5, 5.41) is 0.153. The number of nitrogens with zero attached hydrogens (tertiary/aromatic N) is 2. The molecule has 2 aromatic rings. The van der Waals surface area contributed by atoms with Crippen LogP contribution in [0.2, 0.25) is 5.02 Å². The summed E-state index contributed by atoms with van der Waals surface area (Å²) >= 11 is 11.7. The van der Waals surface area contributed by atoms with E-state index in [2.05, 4.69) is 16.5 Å². The van der Waals surface area contributed by atoms with Gasteiger partial charge in [-0.25, -0.2) is 9.37 Å². The molecule has 102 valence electrons. The van der Waals surface area contributed by atoms with E-state index in [0.29, 0.717) is 29.8 Å². The fourth-order valence-electron chi connectivity index (χ4n) is 2.76. The molecule has 1 aromatic carbocycles. The van der Waals surface area contributed by atoms with Gasteiger partial charge in [0, 0.05) is 24.4 Å². The largest absolute Gasteiger partial charge is 0.324 e. The Kier molecular flexibility index (Phi) is 3.44. The van der Waals surface area contributed by atoms with Crippen LogP contribution in [0.1, 0.15) is 31.6 Å². The molecule has 1 aliphatic carbocycles. The van der Waals surface area contributed by atoms with Gasteiger partial charge in [-0.15, -0.1) is 11.6 Å². The van der Waals surface area contributed by atoms with Crippen LogP contribution in [0.5, 0.6) is 0 Å². The number of alkyl halides is 1. The third-order valence-electron chi connectivity index (χ3n) is 3.86. The minimum atomic E-state index is -0.418. The number of rotatable bonds is 4. The Hall–Kier alpha value is -0.800. The van der Waals surface area contributed by atoms with Gasteiger partial charge in [-0.2, -0.15) is 0 Å². The second kappa shape index (κ2) is 4.95. The van der Waals surface area contributed by atoms with E-state index in [9.17, 15) is 4.39 Å². The standard InChI is InChI=1S/C14H15Cl2FN2/c1-2-8-5-12(8)19-13-6-9(16)10(17)7-11(13)18-14(19)3-4-15/h6-8,12H,2-5H2,1H3. The average Bonchev–Trinajstić information content (AvgIpc) is 3.08. The molecule has 0 aliphatic heterocycles. The fraction of sp³-hybridized carbons (Fsp3) is 0.500. The van der Waals surface area contributed by atoms with Crippen LogP contribution in [-0.2, 0) is 6.42 Å². The van der Waals surface area contributed by atoms with Gasteiger partial charge < -0.3 is 4.57 Å². The third-order valence-corrected chi connectivity index (χ3v) is 4.34. The Morgan fingerprint density at radius 3 is 2.89 bits per heavy atom. The number of hydrogen-bond donors (Lipinski definition) is 0. The Morgan fingerprint density at radius 1 is 1.47 bits per heavy atom. The highest BCUT2D eigenvalue weighted by Crippen LogP contribution is 2.48. The van der Waals surface area contributed by atoms with Gasteiger partial charge in [-0.05, 0) is 18.4 Å². The summed E-state index contributed by atoms with van der Waals surface area (Å²) in [5.74, 6) is 1.73. The number of imidazole rings is 1. The molecule has 5 heteroatoms. The van der Waals surface area contributed by atoms with Gasteiger partial charge in [0.25, 0.3) is 0 Å². The van der Waals surface area contributed by atoms with Crippen molar-refractivity contribution in [1.82, 2.24) is 9.55 Å². The molecule has 2 nitrogen and oxygen atoms in total. The van der Waals surface area contributed by atoms with E-state index in [4.69, 9.17) is 23.2 Å². The van der Waals surface area contributed by atoms with Gasteiger partial charge in [0.15, 0.2) is 0 Å². The van der Waals surface area contributed by atoms with E-state index in [1.807, 2.05) is 0 Å². The number of aromatic nitrogens is 2. The van der Waals surface area contributed by atoms with Crippen molar-refractivity contribution in [1.29, 1.82) is 0 Å². The summed E-state index contributed by atoms with van der Waals surface area (Å²) in [4.78, 5) is 4.51. The summed E-state index contributed by atoms with van der Waals surface area (Å²) < 4.78 is 15.7. The monoisotopic (exact) mass is 300 g/mol. The first-order valence-electron chi connectivity index (χ1n) is 6.57. The maximum absolute atomic E-state index is 13.5. The maximum Gasteiger partial charge on any atom is 0.144 e. The highest BCUT2D eigenvalue weighted by Gasteiger charge is 2.39. The molecule has 0 radical (unpaired) electrons. The Labute approximate surface area is 121 Å². The minimum Gasteiger partial charge on any atom is -0.324 e. The Morgan fingerprint density at radius 2 is 2.26 bits per heavy atom. The van der Waals surface area contributed by atoms with Crippen molar-refractivity contribution in [3.63, 3.8) is 0 Å². The van der Waals surface area contributed by atoms with E-state index in [0.717, 1.165) is 24.2 Å². The van der Waals surface area contributed by atoms with Crippen LogP contribution in [0.15, 0.2) is 12.1 Å². The van der Waals surface area contributed by atoms with Crippen molar-refractivity contribution in [3.8, 4) is 0 Å². The van der Waals surface area contributed by atoms with Crippen LogP contribution in [0, 0.1) is 11.7 Å². The lowest BCUT2D eigenvalue weighted by molar-refractivity contribution is 0.625. The predicted molar refractivity (Wildman–Crippen MR) is 76.6 cm³/mol. The first-order chi connectivity index (χ1) is 9.15. The lowest BCUT2D eigenvalue weighted by Gasteiger charge is -2.08. The molecule has 1 fully saturated rings. The molecular formula is C14H15Cl2FN2. The first kappa shape index (κ1) is 13.2. The van der Waals surface area contributed by atoms with Crippen molar-refractivity contribution in [3.05, 3.63) is 28.8 Å². The molecule has 0 amide bonds. The number of benzene rings is 1. The molecule has 1 saturated carbocycles. The first-order valence-corrected chi connectivity index (χ1v) is 7.48. The number of fused-ring (bicyclic) bond motifs is 1. The number of halogens is 3. The van der Waals surface area contributed by atoms with Crippen molar-refractivity contribution >= 4 is 34.2 Å². The molecule has 2 unspecified atom stereocenters. The quantitative estimate of drug-likeness (QED) is 0.756. The van der Waals surface area contributed by atoms with Crippen LogP contribution in [0.4, 0.5) is 4.39 Å². The third kappa shape index (κ3) is 2.23. The molecule has 0 N–H and O–H groups in total. The normalized spacial score (nSPS) is 22.1. The van der Waals surface area contributed by atoms with Crippen molar-refractivity contribution in [2.24, 2.45) is 5.92 Å². The summed E-state index contributed by atoms with van der Waals surface area (Å²) in [6, 6.07) is 3.56. The van der Waals surface area contributed by atoms with E-state index in [1.54, 1.807) is 6.07 Å². The molecule has 3 rings (SSSR count). The molecule has 2 atom stereocenters. The predicted octanol–water partition coefficient (Wildman–Crippen LogP) is 4.58. The van der Waals surface area contributed by atoms with Crippen LogP contribution in [0.3, 0.4) is 0 Å². The molecule has 0 bridgehead atoms. The average molecular weight is 301 g/mol. The van der Waals surface area contributed by atoms with Crippen LogP contribution < -0.4 is 0 Å². The smallest absolute Gasteiger partial charge is 0.144 e. The molecule has 1 heterocycles. The summed E-state index contributed by atoms with van der Waals surface area (Å²) in [6.07, 6.45) is 3.01. The lowest BCUT2D eigenvalue weighted by atomic mass is 10.3. The second-order valence-electron chi connectivity index (χ2n) is 5.06. The fourth-order valence-corrected chi connectivity index (χ4v) is 3.08. The van der Waals surface area contributed by atoms with E-state index < -0.39 is 5.82 Å². The van der Waals surface area contributed by atoms with Gasteiger partial charge in [0.2, 0.25) is 0 Å². The minimum absolute atomic E-state index is 0.153. The summed E-state index contributed by atoms with van der Waals surface area (Å²) in [5.41, 5.74) is 1.59. The zero-order valence-electron chi connectivity index (χ0n) is 10.7. The SMILES string of the molecule is CCC1CC1n1c(CCCl)nc2cc(F)c(Cl)cc21. The zero-order chi connectivity index (χ0) is 13.6. The molecular weight excluding hydrogens is 286 g/mol. The Bertz CT molecular complexity index is 623. The summed E-state index contributed by atoms with van der Waals surface area (Å²) in [6.45, 7) is 2.19. The van der Waals surface area contributed by atoms with Gasteiger partial charge >= 0.3 is 0 Å². The highest BCUT2D eigenvalue weighted by molar-refractivity contribution is 6.31. The van der Waals surface area contributed by atoms with Crippen LogP contribution >= 0.6 is 23.2 Å². The van der Waals surface area contributed by atoms with Crippen LogP contribution in [0.25, 0.3) is 11.0 Å². The van der Waals surface area contributed by atoms with E-state index in [-0.39, 0.29) is 5.02 Å². The van der Waals surface area contributed by atoms with E-state index in [1.165, 1.54) is 6.07 Å². The van der Waals surface area contributed by atoms with Gasteiger partial charge in [0.05, 0.1) is 16.1 Å². The molecule has 0 spiro atoms. The number of aryl methyl sites for hydroxylation is 1. The molecule has 1 aromatic heterocycles. The van der Waals surface area contributed by atoms with Crippen molar-refractivity contribution in [2.75, 3.05) is 5.88 Å². The zero-order valence-corrected chi connectivity index (χ0v) is 12.2. The number of hydrogen-bond acceptors (Lipinski definition) is 1. The van der Waals surface area contributed by atoms with Crippen molar-refractivity contribution in [2.45, 2.75) is 32.2 Å². The topological polar surface area (TPSA) is 17.8 Å². The maximum atomic E-state index is 13.5. The molecule has 0 saturated heterocycles.